The van der Waals surface area contributed by atoms with Crippen LogP contribution in [0, 0.1) is 5.92 Å². The van der Waals surface area contributed by atoms with Gasteiger partial charge in [0.05, 0.1) is 20.8 Å². The zero-order valence-electron chi connectivity index (χ0n) is 17.7. The molecule has 2 atom stereocenters. The number of methoxy groups -OCH3 is 2. The quantitative estimate of drug-likeness (QED) is 0.616. The average molecular weight is 430 g/mol. The molecule has 1 aliphatic heterocycles. The van der Waals surface area contributed by atoms with E-state index in [0.29, 0.717) is 29.4 Å². The summed E-state index contributed by atoms with van der Waals surface area (Å²) in [4.78, 5) is 28.1. The third kappa shape index (κ3) is 4.90. The Morgan fingerprint density at radius 3 is 2.27 bits per heavy atom. The first-order chi connectivity index (χ1) is 14.4. The van der Waals surface area contributed by atoms with Crippen molar-refractivity contribution in [3.05, 3.63) is 59.7 Å². The van der Waals surface area contributed by atoms with E-state index < -0.39 is 6.04 Å². The molecule has 30 heavy (non-hydrogen) atoms. The lowest BCUT2D eigenvalue weighted by Gasteiger charge is -2.29. The van der Waals surface area contributed by atoms with Crippen LogP contribution in [0.5, 0.6) is 11.5 Å². The van der Waals surface area contributed by atoms with Crippen LogP contribution in [0.1, 0.15) is 35.1 Å². The Bertz CT molecular complexity index is 864. The third-order valence-corrected chi connectivity index (χ3v) is 6.07. The number of benzene rings is 2. The van der Waals surface area contributed by atoms with Crippen LogP contribution in [0.3, 0.4) is 0 Å². The Labute approximate surface area is 181 Å². The van der Waals surface area contributed by atoms with Crippen LogP contribution < -0.4 is 9.47 Å². The van der Waals surface area contributed by atoms with Crippen molar-refractivity contribution in [2.24, 2.45) is 5.92 Å². The van der Waals surface area contributed by atoms with Crippen molar-refractivity contribution in [1.82, 2.24) is 4.90 Å². The fourth-order valence-electron chi connectivity index (χ4n) is 3.24. The number of nitrogens with zero attached hydrogens (tertiary/aromatic N) is 1. The molecule has 2 unspecified atom stereocenters. The summed E-state index contributed by atoms with van der Waals surface area (Å²) in [6.45, 7) is 4.29. The molecule has 160 valence electrons. The normalized spacial score (nSPS) is 18.4. The molecular formula is C23H27NO5S. The minimum atomic E-state index is -0.663. The van der Waals surface area contributed by atoms with Gasteiger partial charge in [0, 0.05) is 17.4 Å². The minimum Gasteiger partial charge on any atom is -0.497 e. The summed E-state index contributed by atoms with van der Waals surface area (Å²) in [7, 11) is 3.07. The number of ether oxygens (including phenoxy) is 3. The highest BCUT2D eigenvalue weighted by atomic mass is 32.2. The number of rotatable bonds is 7. The van der Waals surface area contributed by atoms with Gasteiger partial charge < -0.3 is 19.1 Å². The third-order valence-electron chi connectivity index (χ3n) is 4.75. The molecule has 0 aromatic heterocycles. The van der Waals surface area contributed by atoms with E-state index in [1.54, 1.807) is 34.9 Å². The molecule has 1 amide bonds. The maximum atomic E-state index is 13.6. The molecule has 1 heterocycles. The highest BCUT2D eigenvalue weighted by molar-refractivity contribution is 7.99. The summed E-state index contributed by atoms with van der Waals surface area (Å²) in [5.41, 5.74) is 1.36. The van der Waals surface area contributed by atoms with Crippen molar-refractivity contribution in [2.45, 2.75) is 25.3 Å². The first kappa shape index (κ1) is 22.0. The predicted molar refractivity (Wildman–Crippen MR) is 117 cm³/mol. The van der Waals surface area contributed by atoms with Crippen molar-refractivity contribution in [3.63, 3.8) is 0 Å². The monoisotopic (exact) mass is 429 g/mol. The van der Waals surface area contributed by atoms with Gasteiger partial charge in [-0.1, -0.05) is 44.2 Å². The Kier molecular flexibility index (Phi) is 7.26. The lowest BCUT2D eigenvalue weighted by atomic mass is 10.1. The van der Waals surface area contributed by atoms with Crippen molar-refractivity contribution >= 4 is 23.6 Å². The lowest BCUT2D eigenvalue weighted by molar-refractivity contribution is -0.149. The van der Waals surface area contributed by atoms with Gasteiger partial charge in [0.2, 0.25) is 0 Å². The van der Waals surface area contributed by atoms with Crippen molar-refractivity contribution in [3.8, 4) is 11.5 Å². The summed E-state index contributed by atoms with van der Waals surface area (Å²) in [5, 5.41) is -0.285. The van der Waals surface area contributed by atoms with E-state index in [9.17, 15) is 9.59 Å². The zero-order chi connectivity index (χ0) is 21.7. The van der Waals surface area contributed by atoms with Gasteiger partial charge in [0.1, 0.15) is 22.9 Å². The van der Waals surface area contributed by atoms with Crippen molar-refractivity contribution in [1.29, 1.82) is 0 Å². The highest BCUT2D eigenvalue weighted by Crippen LogP contribution is 2.43. The second kappa shape index (κ2) is 9.89. The van der Waals surface area contributed by atoms with Crippen LogP contribution in [0.15, 0.2) is 48.5 Å². The SMILES string of the molecule is COc1cc(OC)cc(C(=O)N2C(C(=O)OCC(C)C)CSC2c2ccccc2)c1. The predicted octanol–water partition coefficient (Wildman–Crippen LogP) is 4.16. The van der Waals surface area contributed by atoms with E-state index in [1.807, 2.05) is 44.2 Å². The number of hydrogen-bond donors (Lipinski definition) is 0. The highest BCUT2D eigenvalue weighted by Gasteiger charge is 2.43. The Balaban J connectivity index is 1.97. The van der Waals surface area contributed by atoms with E-state index in [4.69, 9.17) is 14.2 Å². The first-order valence-corrected chi connectivity index (χ1v) is 10.9. The molecule has 0 saturated carbocycles. The fourth-order valence-corrected chi connectivity index (χ4v) is 4.65. The number of carbonyl (C=O) groups is 2. The minimum absolute atomic E-state index is 0.222. The van der Waals surface area contributed by atoms with E-state index in [0.717, 1.165) is 5.56 Å². The summed E-state index contributed by atoms with van der Waals surface area (Å²) in [6, 6.07) is 14.1. The second-order valence-electron chi connectivity index (χ2n) is 7.45. The lowest BCUT2D eigenvalue weighted by Crippen LogP contribution is -2.44. The molecule has 0 N–H and O–H groups in total. The molecule has 3 rings (SSSR count). The van der Waals surface area contributed by atoms with Gasteiger partial charge in [-0.15, -0.1) is 11.8 Å². The molecule has 2 aromatic carbocycles. The summed E-state index contributed by atoms with van der Waals surface area (Å²) < 4.78 is 16.1. The number of thioether (sulfide) groups is 1. The number of amides is 1. The van der Waals surface area contributed by atoms with Gasteiger partial charge in [-0.25, -0.2) is 4.79 Å². The fraction of sp³-hybridized carbons (Fsp3) is 0.391. The van der Waals surface area contributed by atoms with E-state index >= 15 is 0 Å². The second-order valence-corrected chi connectivity index (χ2v) is 8.56. The molecule has 0 spiro atoms. The molecule has 2 aromatic rings. The molecule has 1 aliphatic rings. The number of hydrogen-bond acceptors (Lipinski definition) is 6. The largest absolute Gasteiger partial charge is 0.497 e. The molecule has 0 radical (unpaired) electrons. The standard InChI is InChI=1S/C23H27NO5S/c1-15(2)13-29-23(26)20-14-30-22(16-8-6-5-7-9-16)24(20)21(25)17-10-18(27-3)12-19(11-17)28-4/h5-12,15,20,22H,13-14H2,1-4H3. The molecule has 1 fully saturated rings. The van der Waals surface area contributed by atoms with Gasteiger partial charge in [-0.05, 0) is 23.6 Å². The molecule has 0 bridgehead atoms. The molecular weight excluding hydrogens is 402 g/mol. The van der Waals surface area contributed by atoms with Crippen LogP contribution in [-0.2, 0) is 9.53 Å². The molecule has 1 saturated heterocycles. The maximum Gasteiger partial charge on any atom is 0.329 e. The van der Waals surface area contributed by atoms with E-state index in [2.05, 4.69) is 0 Å². The topological polar surface area (TPSA) is 65.1 Å². The van der Waals surface area contributed by atoms with Crippen molar-refractivity contribution < 1.29 is 23.8 Å². The molecule has 7 heteroatoms. The Morgan fingerprint density at radius 1 is 1.07 bits per heavy atom. The van der Waals surface area contributed by atoms with Crippen LogP contribution >= 0.6 is 11.8 Å². The summed E-state index contributed by atoms with van der Waals surface area (Å²) in [6.07, 6.45) is 0. The van der Waals surface area contributed by atoms with Gasteiger partial charge in [0.25, 0.3) is 5.91 Å². The van der Waals surface area contributed by atoms with Crippen molar-refractivity contribution in [2.75, 3.05) is 26.6 Å². The van der Waals surface area contributed by atoms with Crippen LogP contribution in [0.25, 0.3) is 0 Å². The number of esters is 1. The summed E-state index contributed by atoms with van der Waals surface area (Å²) >= 11 is 1.56. The van der Waals surface area contributed by atoms with Crippen LogP contribution in [0.4, 0.5) is 0 Å². The zero-order valence-corrected chi connectivity index (χ0v) is 18.5. The van der Waals surface area contributed by atoms with Crippen LogP contribution in [0.2, 0.25) is 0 Å². The van der Waals surface area contributed by atoms with Gasteiger partial charge in [-0.2, -0.15) is 0 Å². The molecule has 6 nitrogen and oxygen atoms in total. The maximum absolute atomic E-state index is 13.6. The van der Waals surface area contributed by atoms with E-state index in [-0.39, 0.29) is 23.2 Å². The Morgan fingerprint density at radius 2 is 1.70 bits per heavy atom. The Hall–Kier alpha value is -2.67. The number of carbonyl (C=O) groups excluding carboxylic acids is 2. The summed E-state index contributed by atoms with van der Waals surface area (Å²) in [5.74, 6) is 1.08. The van der Waals surface area contributed by atoms with Gasteiger partial charge in [-0.3, -0.25) is 4.79 Å². The van der Waals surface area contributed by atoms with Crippen LogP contribution in [-0.4, -0.2) is 49.4 Å². The van der Waals surface area contributed by atoms with E-state index in [1.165, 1.54) is 14.2 Å². The van der Waals surface area contributed by atoms with Gasteiger partial charge in [0.15, 0.2) is 0 Å². The molecule has 0 aliphatic carbocycles. The van der Waals surface area contributed by atoms with Gasteiger partial charge >= 0.3 is 5.97 Å². The smallest absolute Gasteiger partial charge is 0.329 e. The first-order valence-electron chi connectivity index (χ1n) is 9.83. The average Bonchev–Trinajstić information content (AvgIpc) is 3.22.